The second-order valence-electron chi connectivity index (χ2n) is 17.3. The number of rotatable bonds is 12. The third-order valence-electron chi connectivity index (χ3n) is 13.5. The van der Waals surface area contributed by atoms with Crippen molar-refractivity contribution in [2.75, 3.05) is 32.7 Å². The predicted octanol–water partition coefficient (Wildman–Crippen LogP) is 7.45. The molecule has 2 aliphatic heterocycles. The normalized spacial score (nSPS) is 23.6. The second kappa shape index (κ2) is 18.7. The summed E-state index contributed by atoms with van der Waals surface area (Å²) in [5, 5.41) is 10.7. The molecule has 11 heteroatoms. The minimum Gasteiger partial charge on any atom is -0.410 e. The molecule has 4 aliphatic rings. The number of hydrogen-bond donors (Lipinski definition) is 3. The van der Waals surface area contributed by atoms with Crippen molar-refractivity contribution in [2.45, 2.75) is 108 Å². The Morgan fingerprint density at radius 3 is 2.38 bits per heavy atom. The van der Waals surface area contributed by atoms with Crippen LogP contribution < -0.4 is 21.1 Å². The van der Waals surface area contributed by atoms with Crippen molar-refractivity contribution in [2.24, 2.45) is 17.1 Å². The summed E-state index contributed by atoms with van der Waals surface area (Å²) in [6.45, 7) is 4.63. The van der Waals surface area contributed by atoms with E-state index in [4.69, 9.17) is 10.5 Å². The van der Waals surface area contributed by atoms with Gasteiger partial charge in [0.15, 0.2) is 0 Å². The predicted molar refractivity (Wildman–Crippen MR) is 230 cm³/mol. The van der Waals surface area contributed by atoms with Gasteiger partial charge in [-0.1, -0.05) is 98.8 Å². The molecule has 2 atom stereocenters. The molecule has 0 bridgehead atoms. The molecule has 2 saturated carbocycles. The quantitative estimate of drug-likeness (QED) is 0.136. The lowest BCUT2D eigenvalue weighted by Gasteiger charge is -2.43. The number of carbonyl (C=O) groups excluding carboxylic acids is 3. The van der Waals surface area contributed by atoms with Crippen LogP contribution in [0.15, 0.2) is 84.2 Å². The zero-order chi connectivity index (χ0) is 39.9. The Labute approximate surface area is 347 Å². The van der Waals surface area contributed by atoms with Crippen molar-refractivity contribution < 1.29 is 19.1 Å². The van der Waals surface area contributed by atoms with Crippen molar-refractivity contribution in [3.8, 4) is 5.75 Å². The standard InChI is InChI=1S/C47H60N6O4S/c48-29-36-17-18-43(40-16-8-7-15-39(36)40)57-46(56)52-25-26-53(42(32-52)44(54)49-30-38-14-9-27-58-38)45(55)41(28-34-10-3-1-4-11-34)50-37-19-21-47(22-20-37)23-24-51(33-47)31-35-12-5-2-6-13-35/h2,5-9,12-18,27,34,37,41-42,50H,1,3-4,10-11,19-26,28-33,48H2,(H,49,54)/t37?,41-,42+,47?/m1/s1. The molecular weight excluding hydrogens is 745 g/mol. The highest BCUT2D eigenvalue weighted by molar-refractivity contribution is 7.09. The van der Waals surface area contributed by atoms with Gasteiger partial charge in [0.25, 0.3) is 0 Å². The Bertz CT molecular complexity index is 1990. The van der Waals surface area contributed by atoms with Crippen LogP contribution in [-0.4, -0.2) is 83.5 Å². The number of benzene rings is 3. The molecular formula is C47H60N6O4S. The zero-order valence-electron chi connectivity index (χ0n) is 33.8. The van der Waals surface area contributed by atoms with Gasteiger partial charge in [-0.2, -0.15) is 0 Å². The second-order valence-corrected chi connectivity index (χ2v) is 18.3. The summed E-state index contributed by atoms with van der Waals surface area (Å²) in [4.78, 5) is 50.0. The summed E-state index contributed by atoms with van der Waals surface area (Å²) in [6, 6.07) is 25.2. The van der Waals surface area contributed by atoms with Crippen LogP contribution in [0.25, 0.3) is 10.8 Å². The van der Waals surface area contributed by atoms with Crippen molar-refractivity contribution in [1.29, 1.82) is 0 Å². The smallest absolute Gasteiger partial charge is 0.410 e. The van der Waals surface area contributed by atoms with Crippen molar-refractivity contribution in [3.05, 3.63) is 100 Å². The third kappa shape index (κ3) is 9.60. The molecule has 1 aromatic heterocycles. The summed E-state index contributed by atoms with van der Waals surface area (Å²) in [6.07, 6.45) is 11.9. The summed E-state index contributed by atoms with van der Waals surface area (Å²) < 4.78 is 6.03. The lowest BCUT2D eigenvalue weighted by atomic mass is 9.71. The zero-order valence-corrected chi connectivity index (χ0v) is 34.6. The van der Waals surface area contributed by atoms with Gasteiger partial charge in [0, 0.05) is 49.0 Å². The van der Waals surface area contributed by atoms with E-state index in [1.165, 1.54) is 44.1 Å². The van der Waals surface area contributed by atoms with Gasteiger partial charge in [-0.15, -0.1) is 11.3 Å². The lowest BCUT2D eigenvalue weighted by molar-refractivity contribution is -0.145. The first-order valence-corrected chi connectivity index (χ1v) is 22.5. The first kappa shape index (κ1) is 40.5. The number of hydrogen-bond acceptors (Lipinski definition) is 8. The number of amides is 3. The van der Waals surface area contributed by atoms with E-state index in [0.717, 1.165) is 73.0 Å². The van der Waals surface area contributed by atoms with Crippen LogP contribution >= 0.6 is 11.3 Å². The largest absolute Gasteiger partial charge is 0.415 e. The molecule has 2 aliphatic carbocycles. The average Bonchev–Trinajstić information content (AvgIpc) is 3.94. The SMILES string of the molecule is NCc1ccc(OC(=O)N2CCN(C(=O)[C@@H](CC3CCCCC3)NC3CCC4(CC3)CCN(Cc3ccccc3)C4)[C@H](C(=O)NCc3cccs3)C2)c2ccccc12. The highest BCUT2D eigenvalue weighted by atomic mass is 32.1. The number of carbonyl (C=O) groups is 3. The minimum atomic E-state index is -0.843. The van der Waals surface area contributed by atoms with Gasteiger partial charge in [0.2, 0.25) is 11.8 Å². The van der Waals surface area contributed by atoms with Crippen LogP contribution in [0, 0.1) is 11.3 Å². The van der Waals surface area contributed by atoms with Gasteiger partial charge >= 0.3 is 6.09 Å². The summed E-state index contributed by atoms with van der Waals surface area (Å²) in [5.74, 6) is 0.652. The van der Waals surface area contributed by atoms with Gasteiger partial charge in [0.1, 0.15) is 11.8 Å². The first-order valence-electron chi connectivity index (χ1n) is 21.7. The van der Waals surface area contributed by atoms with E-state index in [1.807, 2.05) is 47.8 Å². The third-order valence-corrected chi connectivity index (χ3v) is 14.4. The highest BCUT2D eigenvalue weighted by Crippen LogP contribution is 2.44. The topological polar surface area (TPSA) is 120 Å². The molecule has 0 radical (unpaired) electrons. The number of nitrogens with zero attached hydrogens (tertiary/aromatic N) is 3. The summed E-state index contributed by atoms with van der Waals surface area (Å²) in [5.41, 5.74) is 8.71. The Morgan fingerprint density at radius 1 is 0.845 bits per heavy atom. The van der Waals surface area contributed by atoms with E-state index in [1.54, 1.807) is 27.2 Å². The molecule has 308 valence electrons. The fraction of sp³-hybridized carbons (Fsp3) is 0.511. The van der Waals surface area contributed by atoms with Crippen LogP contribution in [0.1, 0.15) is 86.6 Å². The van der Waals surface area contributed by atoms with E-state index in [-0.39, 0.29) is 43.5 Å². The number of thiophene rings is 1. The monoisotopic (exact) mass is 804 g/mol. The summed E-state index contributed by atoms with van der Waals surface area (Å²) >= 11 is 1.58. The maximum atomic E-state index is 15.0. The van der Waals surface area contributed by atoms with Crippen LogP contribution in [0.3, 0.4) is 0 Å². The molecule has 3 amide bonds. The molecule has 4 N–H and O–H groups in total. The molecule has 4 aromatic rings. The summed E-state index contributed by atoms with van der Waals surface area (Å²) in [7, 11) is 0. The van der Waals surface area contributed by atoms with Crippen LogP contribution in [0.2, 0.25) is 0 Å². The van der Waals surface area contributed by atoms with Crippen LogP contribution in [0.5, 0.6) is 5.75 Å². The van der Waals surface area contributed by atoms with E-state index in [0.29, 0.717) is 30.2 Å². The molecule has 2 saturated heterocycles. The van der Waals surface area contributed by atoms with E-state index in [2.05, 4.69) is 45.9 Å². The number of fused-ring (bicyclic) bond motifs is 1. The van der Waals surface area contributed by atoms with Gasteiger partial charge < -0.3 is 30.9 Å². The number of piperazine rings is 1. The molecule has 10 nitrogen and oxygen atoms in total. The molecule has 8 rings (SSSR count). The van der Waals surface area contributed by atoms with E-state index in [9.17, 15) is 14.4 Å². The van der Waals surface area contributed by atoms with E-state index < -0.39 is 12.1 Å². The Morgan fingerprint density at radius 2 is 1.62 bits per heavy atom. The highest BCUT2D eigenvalue weighted by Gasteiger charge is 2.44. The number of nitrogens with two attached hydrogens (primary N) is 1. The molecule has 58 heavy (non-hydrogen) atoms. The molecule has 3 heterocycles. The van der Waals surface area contributed by atoms with Crippen molar-refractivity contribution in [1.82, 2.24) is 25.3 Å². The Balaban J connectivity index is 0.964. The molecule has 1 spiro atoms. The molecule has 4 fully saturated rings. The van der Waals surface area contributed by atoms with Crippen LogP contribution in [-0.2, 0) is 29.2 Å². The van der Waals surface area contributed by atoms with Crippen molar-refractivity contribution >= 4 is 40.0 Å². The molecule has 3 aromatic carbocycles. The fourth-order valence-corrected chi connectivity index (χ4v) is 10.8. The van der Waals surface area contributed by atoms with Gasteiger partial charge in [-0.05, 0) is 90.4 Å². The van der Waals surface area contributed by atoms with Gasteiger partial charge in [0.05, 0.1) is 19.1 Å². The minimum absolute atomic E-state index is 0.0200. The number of likely N-dealkylation sites (tertiary alicyclic amines) is 1. The van der Waals surface area contributed by atoms with Gasteiger partial charge in [-0.25, -0.2) is 4.79 Å². The number of nitrogens with one attached hydrogen (secondary N) is 2. The van der Waals surface area contributed by atoms with Gasteiger partial charge in [-0.3, -0.25) is 14.5 Å². The lowest BCUT2D eigenvalue weighted by Crippen LogP contribution is -2.65. The van der Waals surface area contributed by atoms with E-state index >= 15 is 0 Å². The maximum Gasteiger partial charge on any atom is 0.415 e. The maximum absolute atomic E-state index is 15.0. The van der Waals surface area contributed by atoms with Crippen molar-refractivity contribution in [3.63, 3.8) is 0 Å². The average molecular weight is 805 g/mol. The fourth-order valence-electron chi connectivity index (χ4n) is 10.2. The number of ether oxygens (including phenoxy) is 1. The molecule has 0 unspecified atom stereocenters. The Kier molecular flexibility index (Phi) is 13.1. The first-order chi connectivity index (χ1) is 28.4. The van der Waals surface area contributed by atoms with Crippen LogP contribution in [0.4, 0.5) is 4.79 Å². The Hall–Kier alpha value is -4.29.